The van der Waals surface area contributed by atoms with Gasteiger partial charge in [-0.15, -0.1) is 11.8 Å². The summed E-state index contributed by atoms with van der Waals surface area (Å²) in [5.74, 6) is -0.0251. The van der Waals surface area contributed by atoms with E-state index in [1.165, 1.54) is 36.0 Å². The van der Waals surface area contributed by atoms with E-state index in [0.717, 1.165) is 19.3 Å². The lowest BCUT2D eigenvalue weighted by Crippen LogP contribution is -2.53. The van der Waals surface area contributed by atoms with Crippen LogP contribution >= 0.6 is 11.8 Å². The first-order valence-corrected chi connectivity index (χ1v) is 10.7. The van der Waals surface area contributed by atoms with Gasteiger partial charge in [-0.25, -0.2) is 4.39 Å². The van der Waals surface area contributed by atoms with Crippen molar-refractivity contribution in [2.75, 3.05) is 37.2 Å². The van der Waals surface area contributed by atoms with Crippen molar-refractivity contribution in [1.29, 1.82) is 0 Å². The van der Waals surface area contributed by atoms with Gasteiger partial charge < -0.3 is 15.1 Å². The van der Waals surface area contributed by atoms with E-state index in [9.17, 15) is 18.8 Å². The van der Waals surface area contributed by atoms with E-state index < -0.39 is 0 Å². The molecule has 8 heteroatoms. The van der Waals surface area contributed by atoms with Crippen LogP contribution in [-0.4, -0.2) is 64.7 Å². The summed E-state index contributed by atoms with van der Waals surface area (Å²) >= 11 is 1.28. The lowest BCUT2D eigenvalue weighted by Gasteiger charge is -2.38. The molecule has 1 aliphatic heterocycles. The zero-order valence-corrected chi connectivity index (χ0v) is 16.8. The van der Waals surface area contributed by atoms with E-state index >= 15 is 0 Å². The first kappa shape index (κ1) is 20.6. The maximum absolute atomic E-state index is 12.9. The number of benzene rings is 1. The molecule has 1 aliphatic carbocycles. The minimum absolute atomic E-state index is 0.00433. The predicted molar refractivity (Wildman–Crippen MR) is 107 cm³/mol. The highest BCUT2D eigenvalue weighted by Crippen LogP contribution is 2.28. The molecule has 0 spiro atoms. The zero-order chi connectivity index (χ0) is 20.1. The number of nitrogens with zero attached hydrogens (tertiary/aromatic N) is 2. The summed E-state index contributed by atoms with van der Waals surface area (Å²) in [7, 11) is 0. The maximum Gasteiger partial charge on any atom is 0.235 e. The van der Waals surface area contributed by atoms with Crippen LogP contribution in [0.4, 0.5) is 10.1 Å². The van der Waals surface area contributed by atoms with Gasteiger partial charge in [-0.2, -0.15) is 0 Å². The highest BCUT2D eigenvalue weighted by molar-refractivity contribution is 8.01. The largest absolute Gasteiger partial charge is 0.339 e. The minimum Gasteiger partial charge on any atom is -0.339 e. The molecule has 1 atom stereocenters. The second-order valence-electron chi connectivity index (χ2n) is 7.29. The van der Waals surface area contributed by atoms with E-state index in [0.29, 0.717) is 31.9 Å². The fourth-order valence-electron chi connectivity index (χ4n) is 3.32. The molecule has 3 rings (SSSR count). The first-order valence-electron chi connectivity index (χ1n) is 9.68. The van der Waals surface area contributed by atoms with Crippen LogP contribution in [0.2, 0.25) is 0 Å². The number of carbonyl (C=O) groups excluding carboxylic acids is 3. The SMILES string of the molecule is CC(SCC(=O)Nc1ccc(F)cc1)C(=O)N1CCN(C(=O)C2CCC2)CC1. The molecular formula is C20H26FN3O3S. The third kappa shape index (κ3) is 5.25. The van der Waals surface area contributed by atoms with Gasteiger partial charge in [0.15, 0.2) is 0 Å². The monoisotopic (exact) mass is 407 g/mol. The molecule has 3 amide bonds. The average Bonchev–Trinajstić information content (AvgIpc) is 2.66. The van der Waals surface area contributed by atoms with E-state index in [1.54, 1.807) is 11.8 Å². The summed E-state index contributed by atoms with van der Waals surface area (Å²) in [5.41, 5.74) is 0.526. The van der Waals surface area contributed by atoms with Gasteiger partial charge in [0.05, 0.1) is 11.0 Å². The Bertz CT molecular complexity index is 716. The lowest BCUT2D eigenvalue weighted by molar-refractivity contribution is -0.143. The highest BCUT2D eigenvalue weighted by Gasteiger charge is 2.32. The minimum atomic E-state index is -0.360. The van der Waals surface area contributed by atoms with E-state index in [-0.39, 0.29) is 40.5 Å². The van der Waals surface area contributed by atoms with Crippen molar-refractivity contribution in [2.45, 2.75) is 31.4 Å². The third-order valence-corrected chi connectivity index (χ3v) is 6.43. The molecule has 1 saturated carbocycles. The van der Waals surface area contributed by atoms with Crippen LogP contribution < -0.4 is 5.32 Å². The molecule has 0 radical (unpaired) electrons. The van der Waals surface area contributed by atoms with Gasteiger partial charge in [-0.3, -0.25) is 14.4 Å². The molecule has 1 saturated heterocycles. The Morgan fingerprint density at radius 2 is 1.71 bits per heavy atom. The van der Waals surface area contributed by atoms with E-state index in [2.05, 4.69) is 5.32 Å². The Balaban J connectivity index is 1.39. The van der Waals surface area contributed by atoms with Crippen molar-refractivity contribution in [3.63, 3.8) is 0 Å². The van der Waals surface area contributed by atoms with Gasteiger partial charge in [0.2, 0.25) is 17.7 Å². The number of piperazine rings is 1. The van der Waals surface area contributed by atoms with Crippen LogP contribution in [0.5, 0.6) is 0 Å². The number of carbonyl (C=O) groups is 3. The molecular weight excluding hydrogens is 381 g/mol. The van der Waals surface area contributed by atoms with Gasteiger partial charge in [0.1, 0.15) is 5.82 Å². The highest BCUT2D eigenvalue weighted by atomic mass is 32.2. The predicted octanol–water partition coefficient (Wildman–Crippen LogP) is 2.36. The number of hydrogen-bond acceptors (Lipinski definition) is 4. The maximum atomic E-state index is 12.9. The van der Waals surface area contributed by atoms with Crippen LogP contribution in [0.25, 0.3) is 0 Å². The molecule has 0 bridgehead atoms. The Hall–Kier alpha value is -2.09. The lowest BCUT2D eigenvalue weighted by atomic mass is 9.84. The fourth-order valence-corrected chi connectivity index (χ4v) is 4.09. The van der Waals surface area contributed by atoms with Crippen LogP contribution in [0, 0.1) is 11.7 Å². The Labute approximate surface area is 168 Å². The fraction of sp³-hybridized carbons (Fsp3) is 0.550. The molecule has 1 aromatic rings. The van der Waals surface area contributed by atoms with Gasteiger partial charge >= 0.3 is 0 Å². The van der Waals surface area contributed by atoms with Crippen LogP contribution in [0.3, 0.4) is 0 Å². The summed E-state index contributed by atoms with van der Waals surface area (Å²) in [4.78, 5) is 40.6. The Morgan fingerprint density at radius 1 is 1.11 bits per heavy atom. The van der Waals surface area contributed by atoms with Gasteiger partial charge in [0, 0.05) is 37.8 Å². The molecule has 6 nitrogen and oxygen atoms in total. The van der Waals surface area contributed by atoms with Crippen molar-refractivity contribution in [2.24, 2.45) is 5.92 Å². The summed E-state index contributed by atoms with van der Waals surface area (Å²) < 4.78 is 12.9. The standard InChI is InChI=1S/C20H26FN3O3S/c1-14(28-13-18(25)22-17-7-5-16(21)6-8-17)19(26)23-9-11-24(12-10-23)20(27)15-3-2-4-15/h5-8,14-15H,2-4,9-13H2,1H3,(H,22,25). The Morgan fingerprint density at radius 3 is 2.29 bits per heavy atom. The van der Waals surface area contributed by atoms with Crippen LogP contribution in [0.15, 0.2) is 24.3 Å². The Kier molecular flexibility index (Phi) is 6.93. The topological polar surface area (TPSA) is 69.7 Å². The number of thioether (sulfide) groups is 1. The first-order chi connectivity index (χ1) is 13.4. The normalized spacial score (nSPS) is 18.4. The smallest absolute Gasteiger partial charge is 0.235 e. The molecule has 1 heterocycles. The van der Waals surface area contributed by atoms with Crippen molar-refractivity contribution in [3.05, 3.63) is 30.1 Å². The van der Waals surface area contributed by atoms with Crippen molar-refractivity contribution < 1.29 is 18.8 Å². The van der Waals surface area contributed by atoms with Crippen LogP contribution in [0.1, 0.15) is 26.2 Å². The van der Waals surface area contributed by atoms with Gasteiger partial charge in [0.25, 0.3) is 0 Å². The summed E-state index contributed by atoms with van der Waals surface area (Å²) in [6, 6.07) is 5.56. The number of hydrogen-bond donors (Lipinski definition) is 1. The molecule has 2 aliphatic rings. The van der Waals surface area contributed by atoms with Crippen molar-refractivity contribution >= 4 is 35.2 Å². The summed E-state index contributed by atoms with van der Waals surface area (Å²) in [6.07, 6.45) is 3.12. The number of rotatable bonds is 6. The van der Waals surface area contributed by atoms with E-state index in [1.807, 2.05) is 4.90 Å². The second kappa shape index (κ2) is 9.41. The molecule has 0 aromatic heterocycles. The third-order valence-electron chi connectivity index (χ3n) is 5.30. The average molecular weight is 408 g/mol. The van der Waals surface area contributed by atoms with Gasteiger partial charge in [-0.1, -0.05) is 6.42 Å². The zero-order valence-electron chi connectivity index (χ0n) is 16.0. The molecule has 1 unspecified atom stereocenters. The molecule has 1 aromatic carbocycles. The number of halogens is 1. The molecule has 152 valence electrons. The number of nitrogens with one attached hydrogen (secondary N) is 1. The molecule has 2 fully saturated rings. The molecule has 28 heavy (non-hydrogen) atoms. The molecule has 1 N–H and O–H groups in total. The quantitative estimate of drug-likeness (QED) is 0.786. The van der Waals surface area contributed by atoms with Crippen molar-refractivity contribution in [3.8, 4) is 0 Å². The summed E-state index contributed by atoms with van der Waals surface area (Å²) in [5, 5.41) is 2.35. The second-order valence-corrected chi connectivity index (χ2v) is 8.62. The van der Waals surface area contributed by atoms with Crippen LogP contribution in [-0.2, 0) is 14.4 Å². The van der Waals surface area contributed by atoms with Gasteiger partial charge in [-0.05, 0) is 44.0 Å². The number of amides is 3. The number of anilines is 1. The summed E-state index contributed by atoms with van der Waals surface area (Å²) in [6.45, 7) is 4.06. The van der Waals surface area contributed by atoms with E-state index in [4.69, 9.17) is 0 Å². The van der Waals surface area contributed by atoms with Crippen molar-refractivity contribution in [1.82, 2.24) is 9.80 Å².